The van der Waals surface area contributed by atoms with Crippen LogP contribution in [-0.4, -0.2) is 46.8 Å². The lowest BCUT2D eigenvalue weighted by Crippen LogP contribution is -2.30. The molecule has 7 heteroatoms. The maximum absolute atomic E-state index is 11.9. The Bertz CT molecular complexity index is 574. The predicted octanol–water partition coefficient (Wildman–Crippen LogP) is 0.734. The number of aromatic nitrogens is 3. The van der Waals surface area contributed by atoms with E-state index in [-0.39, 0.29) is 11.3 Å². The van der Waals surface area contributed by atoms with E-state index in [9.17, 15) is 8.42 Å². The second-order valence-corrected chi connectivity index (χ2v) is 7.96. The topological polar surface area (TPSA) is 68.1 Å². The van der Waals surface area contributed by atoms with E-state index < -0.39 is 10.0 Å². The molecule has 2 aliphatic rings. The molecule has 1 aromatic heterocycles. The van der Waals surface area contributed by atoms with Gasteiger partial charge >= 0.3 is 0 Å². The summed E-state index contributed by atoms with van der Waals surface area (Å²) in [7, 11) is -1.20. The summed E-state index contributed by atoms with van der Waals surface area (Å²) in [5, 5.41) is 8.18. The molecule has 1 aliphatic heterocycles. The van der Waals surface area contributed by atoms with Crippen molar-refractivity contribution in [1.82, 2.24) is 19.1 Å². The predicted molar refractivity (Wildman–Crippen MR) is 71.1 cm³/mol. The Labute approximate surface area is 113 Å². The first-order chi connectivity index (χ1) is 8.92. The van der Waals surface area contributed by atoms with Crippen molar-refractivity contribution in [2.45, 2.75) is 31.6 Å². The van der Waals surface area contributed by atoms with Gasteiger partial charge in [-0.05, 0) is 18.3 Å². The molecule has 0 amide bonds. The fourth-order valence-corrected chi connectivity index (χ4v) is 4.64. The molecule has 1 atom stereocenters. The van der Waals surface area contributed by atoms with Crippen LogP contribution in [0.5, 0.6) is 0 Å². The first-order valence-corrected chi connectivity index (χ1v) is 8.56. The molecular formula is C12H20N4O2S. The van der Waals surface area contributed by atoms with Crippen LogP contribution in [0.1, 0.15) is 37.4 Å². The lowest BCUT2D eigenvalue weighted by atomic mass is 9.76. The fraction of sp³-hybridized carbons (Fsp3) is 0.833. The van der Waals surface area contributed by atoms with Crippen LogP contribution in [-0.2, 0) is 17.1 Å². The van der Waals surface area contributed by atoms with Gasteiger partial charge in [0.15, 0.2) is 0 Å². The third-order valence-corrected chi connectivity index (χ3v) is 5.96. The molecule has 1 unspecified atom stereocenters. The summed E-state index contributed by atoms with van der Waals surface area (Å²) in [6.45, 7) is 1.19. The minimum atomic E-state index is -3.13. The van der Waals surface area contributed by atoms with Crippen LogP contribution >= 0.6 is 0 Å². The zero-order valence-electron chi connectivity index (χ0n) is 11.4. The molecule has 1 spiro atoms. The summed E-state index contributed by atoms with van der Waals surface area (Å²) in [4.78, 5) is 0. The zero-order valence-corrected chi connectivity index (χ0v) is 12.2. The SMILES string of the molecule is Cn1cnnc1C1CN(S(C)(=O)=O)CC12CCCC2. The Morgan fingerprint density at radius 1 is 1.37 bits per heavy atom. The summed E-state index contributed by atoms with van der Waals surface area (Å²) < 4.78 is 27.3. The Kier molecular flexibility index (Phi) is 2.94. The highest BCUT2D eigenvalue weighted by Gasteiger charge is 2.52. The van der Waals surface area contributed by atoms with Crippen LogP contribution in [0.3, 0.4) is 0 Å². The largest absolute Gasteiger partial charge is 0.320 e. The second kappa shape index (κ2) is 4.28. The van der Waals surface area contributed by atoms with Crippen molar-refractivity contribution in [2.24, 2.45) is 12.5 Å². The highest BCUT2D eigenvalue weighted by atomic mass is 32.2. The normalized spacial score (nSPS) is 27.4. The van der Waals surface area contributed by atoms with Gasteiger partial charge in [0.2, 0.25) is 10.0 Å². The van der Waals surface area contributed by atoms with Crippen molar-refractivity contribution >= 4 is 10.0 Å². The van der Waals surface area contributed by atoms with E-state index >= 15 is 0 Å². The van der Waals surface area contributed by atoms with Gasteiger partial charge in [-0.3, -0.25) is 0 Å². The molecular weight excluding hydrogens is 264 g/mol. The molecule has 0 bridgehead atoms. The van der Waals surface area contributed by atoms with E-state index in [4.69, 9.17) is 0 Å². The molecule has 0 N–H and O–H groups in total. The molecule has 2 fully saturated rings. The summed E-state index contributed by atoms with van der Waals surface area (Å²) in [5.41, 5.74) is 0.0733. The van der Waals surface area contributed by atoms with Crippen LogP contribution in [0.4, 0.5) is 0 Å². The molecule has 1 aromatic rings. The van der Waals surface area contributed by atoms with Crippen LogP contribution in [0.25, 0.3) is 0 Å². The molecule has 1 saturated carbocycles. The third-order valence-electron chi connectivity index (χ3n) is 4.74. The first-order valence-electron chi connectivity index (χ1n) is 6.71. The molecule has 1 saturated heterocycles. The molecule has 3 rings (SSSR count). The van der Waals surface area contributed by atoms with Gasteiger partial charge in [-0.2, -0.15) is 0 Å². The number of sulfonamides is 1. The van der Waals surface area contributed by atoms with Crippen molar-refractivity contribution in [3.8, 4) is 0 Å². The number of hydrogen-bond donors (Lipinski definition) is 0. The van der Waals surface area contributed by atoms with Crippen LogP contribution in [0.15, 0.2) is 6.33 Å². The molecule has 6 nitrogen and oxygen atoms in total. The zero-order chi connectivity index (χ0) is 13.7. The Balaban J connectivity index is 1.99. The summed E-state index contributed by atoms with van der Waals surface area (Å²) >= 11 is 0. The van der Waals surface area contributed by atoms with E-state index in [1.165, 1.54) is 19.1 Å². The van der Waals surface area contributed by atoms with Gasteiger partial charge in [0.25, 0.3) is 0 Å². The number of nitrogens with zero attached hydrogens (tertiary/aromatic N) is 4. The fourth-order valence-electron chi connectivity index (χ4n) is 3.72. The first kappa shape index (κ1) is 13.1. The summed E-state index contributed by atoms with van der Waals surface area (Å²) in [6, 6.07) is 0. The van der Waals surface area contributed by atoms with Crippen LogP contribution in [0.2, 0.25) is 0 Å². The molecule has 106 valence electrons. The summed E-state index contributed by atoms with van der Waals surface area (Å²) in [6.07, 6.45) is 7.56. The van der Waals surface area contributed by atoms with E-state index in [1.807, 2.05) is 11.6 Å². The number of aryl methyl sites for hydroxylation is 1. The van der Waals surface area contributed by atoms with E-state index in [0.717, 1.165) is 18.7 Å². The van der Waals surface area contributed by atoms with Gasteiger partial charge in [-0.1, -0.05) is 12.8 Å². The van der Waals surface area contributed by atoms with Crippen molar-refractivity contribution < 1.29 is 8.42 Å². The van der Waals surface area contributed by atoms with Gasteiger partial charge < -0.3 is 4.57 Å². The number of rotatable bonds is 2. The highest BCUT2D eigenvalue weighted by molar-refractivity contribution is 7.88. The minimum Gasteiger partial charge on any atom is -0.320 e. The van der Waals surface area contributed by atoms with Crippen LogP contribution < -0.4 is 0 Å². The van der Waals surface area contributed by atoms with Crippen molar-refractivity contribution in [3.05, 3.63) is 12.2 Å². The highest BCUT2D eigenvalue weighted by Crippen LogP contribution is 2.53. The van der Waals surface area contributed by atoms with E-state index in [0.29, 0.717) is 13.1 Å². The van der Waals surface area contributed by atoms with Gasteiger partial charge in [0.1, 0.15) is 12.2 Å². The third kappa shape index (κ3) is 2.08. The van der Waals surface area contributed by atoms with E-state index in [1.54, 1.807) is 10.6 Å². The molecule has 1 aliphatic carbocycles. The van der Waals surface area contributed by atoms with Crippen molar-refractivity contribution in [1.29, 1.82) is 0 Å². The van der Waals surface area contributed by atoms with Crippen molar-refractivity contribution in [3.63, 3.8) is 0 Å². The van der Waals surface area contributed by atoms with Crippen LogP contribution in [0, 0.1) is 5.41 Å². The smallest absolute Gasteiger partial charge is 0.211 e. The van der Waals surface area contributed by atoms with E-state index in [2.05, 4.69) is 10.2 Å². The molecule has 0 aromatic carbocycles. The quantitative estimate of drug-likeness (QED) is 0.803. The van der Waals surface area contributed by atoms with Gasteiger partial charge in [-0.25, -0.2) is 12.7 Å². The lowest BCUT2D eigenvalue weighted by molar-refractivity contribution is 0.274. The lowest BCUT2D eigenvalue weighted by Gasteiger charge is -2.29. The maximum atomic E-state index is 11.9. The van der Waals surface area contributed by atoms with Gasteiger partial charge in [0, 0.05) is 26.1 Å². The Morgan fingerprint density at radius 2 is 2.05 bits per heavy atom. The standard InChI is InChI=1S/C12H20N4O2S/c1-15-9-13-14-11(15)10-7-16(19(2,17)18)8-12(10)5-3-4-6-12/h9-10H,3-8H2,1-2H3. The van der Waals surface area contributed by atoms with Crippen molar-refractivity contribution in [2.75, 3.05) is 19.3 Å². The Hall–Kier alpha value is -0.950. The second-order valence-electron chi connectivity index (χ2n) is 5.98. The number of hydrogen-bond acceptors (Lipinski definition) is 4. The van der Waals surface area contributed by atoms with Gasteiger partial charge in [-0.15, -0.1) is 10.2 Å². The van der Waals surface area contributed by atoms with Gasteiger partial charge in [0.05, 0.1) is 6.26 Å². The summed E-state index contributed by atoms with van der Waals surface area (Å²) in [5.74, 6) is 1.10. The average Bonchev–Trinajstić information content (AvgIpc) is 3.00. The maximum Gasteiger partial charge on any atom is 0.211 e. The molecule has 0 radical (unpaired) electrons. The monoisotopic (exact) mass is 284 g/mol. The molecule has 2 heterocycles. The minimum absolute atomic E-state index is 0.0733. The average molecular weight is 284 g/mol. The molecule has 19 heavy (non-hydrogen) atoms. The Morgan fingerprint density at radius 3 is 2.58 bits per heavy atom.